The van der Waals surface area contributed by atoms with E-state index in [4.69, 9.17) is 0 Å². The molecule has 192 valence electrons. The highest BCUT2D eigenvalue weighted by Crippen LogP contribution is 2.17. The van der Waals surface area contributed by atoms with Gasteiger partial charge in [0.1, 0.15) is 6.10 Å². The van der Waals surface area contributed by atoms with Crippen LogP contribution in [0.25, 0.3) is 0 Å². The lowest BCUT2D eigenvalue weighted by Crippen LogP contribution is -2.49. The summed E-state index contributed by atoms with van der Waals surface area (Å²) in [5, 5.41) is 24.4. The zero-order chi connectivity index (χ0) is 25.8. The zero-order valence-corrected chi connectivity index (χ0v) is 21.7. The fraction of sp³-hybridized carbons (Fsp3) is 0.517. The van der Waals surface area contributed by atoms with Crippen molar-refractivity contribution in [3.63, 3.8) is 0 Å². The predicted octanol–water partition coefficient (Wildman–Crippen LogP) is 4.51. The van der Waals surface area contributed by atoms with Crippen molar-refractivity contribution in [2.24, 2.45) is 0 Å². The van der Waals surface area contributed by atoms with Crippen LogP contribution < -0.4 is 5.32 Å². The number of aryl methyl sites for hydroxylation is 1. The maximum absolute atomic E-state index is 13.3. The van der Waals surface area contributed by atoms with Crippen molar-refractivity contribution in [3.05, 3.63) is 70.8 Å². The molecule has 35 heavy (non-hydrogen) atoms. The van der Waals surface area contributed by atoms with E-state index in [9.17, 15) is 19.8 Å². The molecule has 6 nitrogen and oxygen atoms in total. The first-order valence-electron chi connectivity index (χ1n) is 12.9. The first-order valence-corrected chi connectivity index (χ1v) is 12.9. The standard InChI is InChI=1S/C29H42N2O4/c1-5-8-14-26(32)27(33)25(19-22-12-10-9-11-13-22)30-28(34)23-17-21(4)18-24(20-23)29(35)31(15-6-2)16-7-3/h9-13,17-18,20,25-27,32-33H,5-8,14-16,19H2,1-4H3,(H,30,34)/t25-,26-,27+/m0/s1. The number of nitrogens with one attached hydrogen (secondary N) is 1. The minimum atomic E-state index is -1.11. The van der Waals surface area contributed by atoms with Crippen molar-refractivity contribution >= 4 is 11.8 Å². The Kier molecular flexibility index (Phi) is 11.9. The topological polar surface area (TPSA) is 89.9 Å². The Balaban J connectivity index is 2.28. The van der Waals surface area contributed by atoms with Crippen LogP contribution in [0.1, 0.15) is 84.7 Å². The lowest BCUT2D eigenvalue weighted by Gasteiger charge is -2.28. The maximum Gasteiger partial charge on any atom is 0.253 e. The Morgan fingerprint density at radius 1 is 0.914 bits per heavy atom. The summed E-state index contributed by atoms with van der Waals surface area (Å²) in [6.45, 7) is 9.31. The van der Waals surface area contributed by atoms with E-state index in [-0.39, 0.29) is 11.8 Å². The molecule has 0 aromatic heterocycles. The SMILES string of the molecule is CCCC[C@H](O)[C@H](O)[C@H](Cc1ccccc1)NC(=O)c1cc(C)cc(C(=O)N(CCC)CCC)c1. The Morgan fingerprint density at radius 3 is 2.14 bits per heavy atom. The van der Waals surface area contributed by atoms with E-state index in [0.29, 0.717) is 37.1 Å². The van der Waals surface area contributed by atoms with Gasteiger partial charge in [-0.15, -0.1) is 0 Å². The molecule has 0 aliphatic heterocycles. The fourth-order valence-electron chi connectivity index (χ4n) is 4.30. The van der Waals surface area contributed by atoms with Gasteiger partial charge in [0.05, 0.1) is 12.1 Å². The van der Waals surface area contributed by atoms with E-state index in [1.165, 1.54) is 0 Å². The molecular weight excluding hydrogens is 440 g/mol. The van der Waals surface area contributed by atoms with Gasteiger partial charge in [-0.05, 0) is 61.9 Å². The van der Waals surface area contributed by atoms with Crippen molar-refractivity contribution < 1.29 is 19.8 Å². The van der Waals surface area contributed by atoms with E-state index >= 15 is 0 Å². The van der Waals surface area contributed by atoms with Crippen LogP contribution in [0.15, 0.2) is 48.5 Å². The molecule has 0 heterocycles. The number of carbonyl (C=O) groups is 2. The van der Waals surface area contributed by atoms with E-state index in [1.807, 2.05) is 69.0 Å². The average Bonchev–Trinajstić information content (AvgIpc) is 2.86. The summed E-state index contributed by atoms with van der Waals surface area (Å²) in [4.78, 5) is 28.3. The third kappa shape index (κ3) is 8.79. The van der Waals surface area contributed by atoms with Crippen molar-refractivity contribution in [2.75, 3.05) is 13.1 Å². The summed E-state index contributed by atoms with van der Waals surface area (Å²) in [6, 6.07) is 14.1. The lowest BCUT2D eigenvalue weighted by atomic mass is 9.94. The Hall–Kier alpha value is -2.70. The van der Waals surface area contributed by atoms with Gasteiger partial charge in [-0.3, -0.25) is 9.59 Å². The van der Waals surface area contributed by atoms with Gasteiger partial charge in [0.15, 0.2) is 0 Å². The molecular formula is C29H42N2O4. The van der Waals surface area contributed by atoms with Crippen LogP contribution in [0, 0.1) is 6.92 Å². The van der Waals surface area contributed by atoms with Crippen molar-refractivity contribution in [1.82, 2.24) is 10.2 Å². The Labute approximate surface area is 210 Å². The van der Waals surface area contributed by atoms with E-state index in [0.717, 1.165) is 36.8 Å². The van der Waals surface area contributed by atoms with Crippen LogP contribution in [0.2, 0.25) is 0 Å². The highest BCUT2D eigenvalue weighted by Gasteiger charge is 2.28. The minimum Gasteiger partial charge on any atom is -0.390 e. The first kappa shape index (κ1) is 28.5. The summed E-state index contributed by atoms with van der Waals surface area (Å²) < 4.78 is 0. The average molecular weight is 483 g/mol. The molecule has 0 aliphatic rings. The normalized spacial score (nSPS) is 13.7. The van der Waals surface area contributed by atoms with Gasteiger partial charge in [-0.1, -0.05) is 63.9 Å². The highest BCUT2D eigenvalue weighted by atomic mass is 16.3. The summed E-state index contributed by atoms with van der Waals surface area (Å²) in [6.07, 6.45) is 2.24. The molecule has 2 rings (SSSR count). The number of unbranched alkanes of at least 4 members (excludes halogenated alkanes) is 1. The molecule has 3 atom stereocenters. The number of aliphatic hydroxyl groups excluding tert-OH is 2. The number of rotatable bonds is 14. The quantitative estimate of drug-likeness (QED) is 0.370. The van der Waals surface area contributed by atoms with Gasteiger partial charge >= 0.3 is 0 Å². The predicted molar refractivity (Wildman–Crippen MR) is 141 cm³/mol. The molecule has 0 bridgehead atoms. The number of nitrogens with zero attached hydrogens (tertiary/aromatic N) is 1. The van der Waals surface area contributed by atoms with Crippen LogP contribution in [0.4, 0.5) is 0 Å². The summed E-state index contributed by atoms with van der Waals surface area (Å²) in [5.41, 5.74) is 2.63. The molecule has 0 spiro atoms. The fourth-order valence-corrected chi connectivity index (χ4v) is 4.30. The van der Waals surface area contributed by atoms with Crippen LogP contribution in [0.5, 0.6) is 0 Å². The van der Waals surface area contributed by atoms with Gasteiger partial charge in [0.25, 0.3) is 11.8 Å². The van der Waals surface area contributed by atoms with Gasteiger partial charge in [-0.25, -0.2) is 0 Å². The molecule has 0 saturated carbocycles. The lowest BCUT2D eigenvalue weighted by molar-refractivity contribution is -0.00813. The molecule has 0 unspecified atom stereocenters. The summed E-state index contributed by atoms with van der Waals surface area (Å²) in [5.74, 6) is -0.453. The van der Waals surface area contributed by atoms with Gasteiger partial charge < -0.3 is 20.4 Å². The van der Waals surface area contributed by atoms with Gasteiger partial charge in [0.2, 0.25) is 0 Å². The number of aliphatic hydroxyl groups is 2. The number of amides is 2. The molecule has 0 saturated heterocycles. The van der Waals surface area contributed by atoms with Crippen LogP contribution >= 0.6 is 0 Å². The second-order valence-electron chi connectivity index (χ2n) is 9.35. The highest BCUT2D eigenvalue weighted by molar-refractivity contribution is 6.00. The maximum atomic E-state index is 13.3. The molecule has 3 N–H and O–H groups in total. The Bertz CT molecular complexity index is 926. The monoisotopic (exact) mass is 482 g/mol. The molecule has 0 fully saturated rings. The largest absolute Gasteiger partial charge is 0.390 e. The zero-order valence-electron chi connectivity index (χ0n) is 21.7. The third-order valence-electron chi connectivity index (χ3n) is 6.14. The van der Waals surface area contributed by atoms with E-state index in [1.54, 1.807) is 12.1 Å². The number of hydrogen-bond acceptors (Lipinski definition) is 4. The molecule has 0 aliphatic carbocycles. The molecule has 2 aromatic carbocycles. The third-order valence-corrected chi connectivity index (χ3v) is 6.14. The molecule has 0 radical (unpaired) electrons. The van der Waals surface area contributed by atoms with Crippen LogP contribution in [0.3, 0.4) is 0 Å². The van der Waals surface area contributed by atoms with Crippen molar-refractivity contribution in [3.8, 4) is 0 Å². The summed E-state index contributed by atoms with van der Waals surface area (Å²) >= 11 is 0. The van der Waals surface area contributed by atoms with Crippen LogP contribution in [-0.4, -0.2) is 58.3 Å². The number of carbonyl (C=O) groups excluding carboxylic acids is 2. The first-order chi connectivity index (χ1) is 16.8. The smallest absolute Gasteiger partial charge is 0.253 e. The van der Waals surface area contributed by atoms with Gasteiger partial charge in [0, 0.05) is 24.2 Å². The molecule has 6 heteroatoms. The summed E-state index contributed by atoms with van der Waals surface area (Å²) in [7, 11) is 0. The van der Waals surface area contributed by atoms with Gasteiger partial charge in [-0.2, -0.15) is 0 Å². The Morgan fingerprint density at radius 2 is 1.54 bits per heavy atom. The number of benzene rings is 2. The van der Waals surface area contributed by atoms with Crippen molar-refractivity contribution in [2.45, 2.75) is 84.5 Å². The van der Waals surface area contributed by atoms with E-state index < -0.39 is 18.2 Å². The van der Waals surface area contributed by atoms with Crippen LogP contribution in [-0.2, 0) is 6.42 Å². The van der Waals surface area contributed by atoms with Crippen molar-refractivity contribution in [1.29, 1.82) is 0 Å². The molecule has 2 aromatic rings. The number of hydrogen-bond donors (Lipinski definition) is 3. The second kappa shape index (κ2) is 14.6. The minimum absolute atomic E-state index is 0.0812. The second-order valence-corrected chi connectivity index (χ2v) is 9.35. The van der Waals surface area contributed by atoms with E-state index in [2.05, 4.69) is 5.32 Å². The molecule has 2 amide bonds.